The first-order valence-corrected chi connectivity index (χ1v) is 10.4. The van der Waals surface area contributed by atoms with Crippen LogP contribution < -0.4 is 5.32 Å². The van der Waals surface area contributed by atoms with Gasteiger partial charge >= 0.3 is 0 Å². The standard InChI is InChI=1S/C20H22N4O2S/c21-14-19(27(25,26)20-8-4-5-11-22-20)15-23-18-9-12-24(13-10-18)16-17-6-2-1-3-7-17/h1-8,11,15,18,23H,9-10,12-13,16H2/b19-15+. The molecule has 0 spiro atoms. The SMILES string of the molecule is N#C/C(=C\NC1CCN(Cc2ccccc2)CC1)S(=O)(=O)c1ccccn1. The fraction of sp³-hybridized carbons (Fsp3) is 0.300. The molecular weight excluding hydrogens is 360 g/mol. The predicted octanol–water partition coefficient (Wildman–Crippen LogP) is 2.47. The first-order valence-electron chi connectivity index (χ1n) is 8.88. The third-order valence-corrected chi connectivity index (χ3v) is 6.18. The van der Waals surface area contributed by atoms with Crippen LogP contribution in [-0.4, -0.2) is 37.4 Å². The topological polar surface area (TPSA) is 86.1 Å². The Bertz CT molecular complexity index is 913. The number of aromatic nitrogens is 1. The van der Waals surface area contributed by atoms with E-state index in [2.05, 4.69) is 27.3 Å². The molecule has 0 saturated carbocycles. The van der Waals surface area contributed by atoms with Crippen LogP contribution in [-0.2, 0) is 16.4 Å². The zero-order valence-electron chi connectivity index (χ0n) is 15.0. The van der Waals surface area contributed by atoms with Gasteiger partial charge in [0.15, 0.2) is 9.93 Å². The summed E-state index contributed by atoms with van der Waals surface area (Å²) in [6, 6.07) is 16.9. The van der Waals surface area contributed by atoms with Gasteiger partial charge < -0.3 is 5.32 Å². The molecule has 2 heterocycles. The van der Waals surface area contributed by atoms with E-state index in [-0.39, 0.29) is 16.0 Å². The number of nitrogens with one attached hydrogen (secondary N) is 1. The number of nitriles is 1. The zero-order chi connectivity index (χ0) is 19.1. The molecule has 1 fully saturated rings. The second-order valence-corrected chi connectivity index (χ2v) is 8.36. The maximum atomic E-state index is 12.5. The van der Waals surface area contributed by atoms with Gasteiger partial charge in [-0.15, -0.1) is 0 Å². The van der Waals surface area contributed by atoms with Gasteiger partial charge in [0.2, 0.25) is 9.84 Å². The number of hydrogen-bond donors (Lipinski definition) is 1. The van der Waals surface area contributed by atoms with E-state index in [4.69, 9.17) is 0 Å². The van der Waals surface area contributed by atoms with Gasteiger partial charge in [-0.1, -0.05) is 36.4 Å². The van der Waals surface area contributed by atoms with Gasteiger partial charge in [-0.2, -0.15) is 5.26 Å². The van der Waals surface area contributed by atoms with Crippen molar-refractivity contribution in [2.75, 3.05) is 13.1 Å². The van der Waals surface area contributed by atoms with Crippen molar-refractivity contribution in [1.82, 2.24) is 15.2 Å². The van der Waals surface area contributed by atoms with E-state index in [0.29, 0.717) is 0 Å². The maximum absolute atomic E-state index is 12.5. The first kappa shape index (κ1) is 19.1. The van der Waals surface area contributed by atoms with E-state index in [1.54, 1.807) is 18.2 Å². The second-order valence-electron chi connectivity index (χ2n) is 6.49. The van der Waals surface area contributed by atoms with Crippen molar-refractivity contribution in [3.63, 3.8) is 0 Å². The first-order chi connectivity index (χ1) is 13.1. The summed E-state index contributed by atoms with van der Waals surface area (Å²) >= 11 is 0. The predicted molar refractivity (Wildman–Crippen MR) is 103 cm³/mol. The van der Waals surface area contributed by atoms with Crippen LogP contribution >= 0.6 is 0 Å². The van der Waals surface area contributed by atoms with Crippen molar-refractivity contribution < 1.29 is 8.42 Å². The Hall–Kier alpha value is -2.69. The molecule has 1 aromatic heterocycles. The van der Waals surface area contributed by atoms with Gasteiger partial charge in [0.05, 0.1) is 0 Å². The number of pyridine rings is 1. The number of allylic oxidation sites excluding steroid dienone is 1. The summed E-state index contributed by atoms with van der Waals surface area (Å²) in [6.45, 7) is 2.77. The van der Waals surface area contributed by atoms with Gasteiger partial charge in [-0.25, -0.2) is 13.4 Å². The molecule has 0 atom stereocenters. The molecule has 1 aromatic carbocycles. The zero-order valence-corrected chi connectivity index (χ0v) is 15.8. The summed E-state index contributed by atoms with van der Waals surface area (Å²) in [5.41, 5.74) is 1.29. The summed E-state index contributed by atoms with van der Waals surface area (Å²) in [4.78, 5) is 5.92. The lowest BCUT2D eigenvalue weighted by molar-refractivity contribution is 0.197. The molecular formula is C20H22N4O2S. The molecule has 0 unspecified atom stereocenters. The number of piperidine rings is 1. The molecule has 0 aliphatic carbocycles. The van der Waals surface area contributed by atoms with Crippen LogP contribution in [0.25, 0.3) is 0 Å². The van der Waals surface area contributed by atoms with E-state index >= 15 is 0 Å². The van der Waals surface area contributed by atoms with Crippen molar-refractivity contribution in [2.24, 2.45) is 0 Å². The smallest absolute Gasteiger partial charge is 0.235 e. The molecule has 0 radical (unpaired) electrons. The lowest BCUT2D eigenvalue weighted by Gasteiger charge is -2.32. The summed E-state index contributed by atoms with van der Waals surface area (Å²) in [5, 5.41) is 12.3. The van der Waals surface area contributed by atoms with E-state index in [9.17, 15) is 13.7 Å². The van der Waals surface area contributed by atoms with Crippen LogP contribution in [0.3, 0.4) is 0 Å². The molecule has 7 heteroatoms. The summed E-state index contributed by atoms with van der Waals surface area (Å²) in [6.07, 6.45) is 4.51. The third kappa shape index (κ3) is 4.94. The van der Waals surface area contributed by atoms with Gasteiger partial charge in [0.1, 0.15) is 6.07 Å². The Balaban J connectivity index is 1.57. The Labute approximate surface area is 160 Å². The minimum absolute atomic E-state index is 0.114. The van der Waals surface area contributed by atoms with Crippen LogP contribution in [0.4, 0.5) is 0 Å². The average Bonchev–Trinajstić information content (AvgIpc) is 2.71. The molecule has 6 nitrogen and oxygen atoms in total. The number of nitrogens with zero attached hydrogens (tertiary/aromatic N) is 3. The van der Waals surface area contributed by atoms with E-state index < -0.39 is 9.84 Å². The molecule has 0 bridgehead atoms. The molecule has 0 amide bonds. The summed E-state index contributed by atoms with van der Waals surface area (Å²) in [7, 11) is -3.89. The van der Waals surface area contributed by atoms with Crippen molar-refractivity contribution in [3.8, 4) is 6.07 Å². The summed E-state index contributed by atoms with van der Waals surface area (Å²) < 4.78 is 25.0. The highest BCUT2D eigenvalue weighted by Gasteiger charge is 2.23. The van der Waals surface area contributed by atoms with Crippen LogP contribution in [0.2, 0.25) is 0 Å². The molecule has 1 aliphatic heterocycles. The number of sulfone groups is 1. The molecule has 1 saturated heterocycles. The van der Waals surface area contributed by atoms with Crippen LogP contribution in [0.5, 0.6) is 0 Å². The van der Waals surface area contributed by atoms with Crippen LogP contribution in [0.15, 0.2) is 70.9 Å². The Kier molecular flexibility index (Phi) is 6.22. The minimum Gasteiger partial charge on any atom is -0.386 e. The highest BCUT2D eigenvalue weighted by molar-refractivity contribution is 7.95. The number of benzene rings is 1. The van der Waals surface area contributed by atoms with Crippen molar-refractivity contribution in [3.05, 3.63) is 71.4 Å². The molecule has 2 aromatic rings. The number of rotatable bonds is 6. The van der Waals surface area contributed by atoms with E-state index in [0.717, 1.165) is 32.5 Å². The van der Waals surface area contributed by atoms with Crippen molar-refractivity contribution in [1.29, 1.82) is 5.26 Å². The highest BCUT2D eigenvalue weighted by atomic mass is 32.2. The Morgan fingerprint density at radius 1 is 1.19 bits per heavy atom. The molecule has 1 N–H and O–H groups in total. The largest absolute Gasteiger partial charge is 0.386 e. The fourth-order valence-corrected chi connectivity index (χ4v) is 4.11. The lowest BCUT2D eigenvalue weighted by Crippen LogP contribution is -2.40. The van der Waals surface area contributed by atoms with Gasteiger partial charge in [-0.3, -0.25) is 4.90 Å². The quantitative estimate of drug-likeness (QED) is 0.773. The van der Waals surface area contributed by atoms with Crippen LogP contribution in [0, 0.1) is 11.3 Å². The van der Waals surface area contributed by atoms with Crippen molar-refractivity contribution >= 4 is 9.84 Å². The monoisotopic (exact) mass is 382 g/mol. The Morgan fingerprint density at radius 3 is 2.52 bits per heavy atom. The van der Waals surface area contributed by atoms with Gasteiger partial charge in [0.25, 0.3) is 0 Å². The second kappa shape index (κ2) is 8.80. The fourth-order valence-electron chi connectivity index (χ4n) is 3.08. The number of hydrogen-bond acceptors (Lipinski definition) is 6. The lowest BCUT2D eigenvalue weighted by atomic mass is 10.0. The van der Waals surface area contributed by atoms with Gasteiger partial charge in [-0.05, 0) is 30.5 Å². The molecule has 3 rings (SSSR count). The summed E-state index contributed by atoms with van der Waals surface area (Å²) in [5.74, 6) is 0. The molecule has 1 aliphatic rings. The van der Waals surface area contributed by atoms with Crippen molar-refractivity contribution in [2.45, 2.75) is 30.5 Å². The van der Waals surface area contributed by atoms with E-state index in [1.807, 2.05) is 18.2 Å². The minimum atomic E-state index is -3.89. The molecule has 140 valence electrons. The average molecular weight is 382 g/mol. The normalized spacial score (nSPS) is 16.6. The third-order valence-electron chi connectivity index (χ3n) is 4.60. The Morgan fingerprint density at radius 2 is 1.89 bits per heavy atom. The highest BCUT2D eigenvalue weighted by Crippen LogP contribution is 2.17. The van der Waals surface area contributed by atoms with E-state index in [1.165, 1.54) is 24.0 Å². The van der Waals surface area contributed by atoms with Gasteiger partial charge in [0, 0.05) is 38.1 Å². The number of likely N-dealkylation sites (tertiary alicyclic amines) is 1. The van der Waals surface area contributed by atoms with Crippen LogP contribution in [0.1, 0.15) is 18.4 Å². The molecule has 27 heavy (non-hydrogen) atoms. The maximum Gasteiger partial charge on any atom is 0.235 e.